The highest BCUT2D eigenvalue weighted by molar-refractivity contribution is 7.94. The van der Waals surface area contributed by atoms with Gasteiger partial charge in [-0.3, -0.25) is 9.10 Å². The molecule has 0 atom stereocenters. The minimum absolute atomic E-state index is 0.00946. The fourth-order valence-electron chi connectivity index (χ4n) is 5.25. The fourth-order valence-corrected chi connectivity index (χ4v) is 7.60. The van der Waals surface area contributed by atoms with Crippen LogP contribution in [0.3, 0.4) is 0 Å². The molecule has 3 heterocycles. The lowest BCUT2D eigenvalue weighted by molar-refractivity contribution is -0.118. The number of pyridine rings is 1. The van der Waals surface area contributed by atoms with E-state index < -0.39 is 10.0 Å². The number of nitrogens with zero attached hydrogens (tertiary/aromatic N) is 4. The average Bonchev–Trinajstić information content (AvgIpc) is 3.69. The van der Waals surface area contributed by atoms with E-state index in [1.165, 1.54) is 15.6 Å². The summed E-state index contributed by atoms with van der Waals surface area (Å²) in [6.07, 6.45) is 1.86. The van der Waals surface area contributed by atoms with Crippen LogP contribution in [0.5, 0.6) is 0 Å². The summed E-state index contributed by atoms with van der Waals surface area (Å²) in [4.78, 5) is 24.6. The smallest absolute Gasteiger partial charge is 0.273 e. The number of hydrogen-bond acceptors (Lipinski definition) is 6. The molecule has 0 bridgehead atoms. The largest absolute Gasteiger partial charge is 0.339 e. The first kappa shape index (κ1) is 28.6. The minimum atomic E-state index is -3.70. The van der Waals surface area contributed by atoms with Crippen molar-refractivity contribution >= 4 is 60.6 Å². The first-order chi connectivity index (χ1) is 20.6. The molecule has 1 amide bonds. The number of aromatic nitrogens is 2. The van der Waals surface area contributed by atoms with Crippen molar-refractivity contribution in [3.05, 3.63) is 96.5 Å². The van der Waals surface area contributed by atoms with Crippen LogP contribution in [0.15, 0.2) is 101 Å². The van der Waals surface area contributed by atoms with Gasteiger partial charge in [0.1, 0.15) is 9.86 Å². The molecule has 0 unspecified atom stereocenters. The highest BCUT2D eigenvalue weighted by Crippen LogP contribution is 2.42. The zero-order valence-electron chi connectivity index (χ0n) is 24.3. The van der Waals surface area contributed by atoms with Gasteiger partial charge in [0, 0.05) is 53.4 Å². The Hall–Kier alpha value is -4.51. The predicted octanol–water partition coefficient (Wildman–Crippen LogP) is 6.46. The highest BCUT2D eigenvalue weighted by atomic mass is 32.2. The number of H-pyrrole nitrogens is 1. The summed E-state index contributed by atoms with van der Waals surface area (Å²) in [6.45, 7) is 0.303. The number of anilines is 2. The zero-order valence-corrected chi connectivity index (χ0v) is 25.9. The van der Waals surface area contributed by atoms with Crippen LogP contribution in [0.25, 0.3) is 44.2 Å². The number of likely N-dealkylation sites (N-methyl/N-ethyl adjacent to an activating group) is 2. The Balaban J connectivity index is 1.55. The van der Waals surface area contributed by atoms with Crippen molar-refractivity contribution in [1.29, 1.82) is 0 Å². The van der Waals surface area contributed by atoms with E-state index in [4.69, 9.17) is 4.98 Å². The van der Waals surface area contributed by atoms with Crippen LogP contribution in [0.1, 0.15) is 0 Å². The van der Waals surface area contributed by atoms with Gasteiger partial charge in [-0.15, -0.1) is 11.3 Å². The van der Waals surface area contributed by atoms with Crippen LogP contribution in [0, 0.1) is 0 Å². The van der Waals surface area contributed by atoms with Gasteiger partial charge in [0.15, 0.2) is 0 Å². The Morgan fingerprint density at radius 1 is 0.860 bits per heavy atom. The maximum atomic E-state index is 13.3. The number of hydrogen-bond donors (Lipinski definition) is 1. The first-order valence-electron chi connectivity index (χ1n) is 13.7. The number of thiophene rings is 1. The van der Waals surface area contributed by atoms with Gasteiger partial charge in [-0.05, 0) is 67.0 Å². The van der Waals surface area contributed by atoms with E-state index in [0.717, 1.165) is 44.2 Å². The molecule has 6 rings (SSSR count). The summed E-state index contributed by atoms with van der Waals surface area (Å²) in [6, 6.07) is 26.9. The summed E-state index contributed by atoms with van der Waals surface area (Å²) in [5.41, 5.74) is 6.67. The number of sulfonamides is 1. The maximum Gasteiger partial charge on any atom is 0.273 e. The van der Waals surface area contributed by atoms with Crippen LogP contribution in [-0.4, -0.2) is 63.9 Å². The number of nitrogens with one attached hydrogen (secondary N) is 1. The molecular weight excluding hydrogens is 579 g/mol. The van der Waals surface area contributed by atoms with Crippen LogP contribution >= 0.6 is 11.3 Å². The average molecular weight is 610 g/mol. The number of carbonyl (C=O) groups excluding carboxylic acids is 1. The third kappa shape index (κ3) is 5.29. The van der Waals surface area contributed by atoms with Crippen molar-refractivity contribution in [2.45, 2.75) is 4.21 Å². The minimum Gasteiger partial charge on any atom is -0.339 e. The quantitative estimate of drug-likeness (QED) is 0.214. The molecule has 0 saturated carbocycles. The number of rotatable bonds is 8. The van der Waals surface area contributed by atoms with Crippen molar-refractivity contribution in [2.24, 2.45) is 0 Å². The number of carbonyl (C=O) groups is 1. The molecule has 0 spiro atoms. The molecule has 1 N–H and O–H groups in total. The molecule has 43 heavy (non-hydrogen) atoms. The van der Waals surface area contributed by atoms with Crippen molar-refractivity contribution < 1.29 is 13.2 Å². The predicted molar refractivity (Wildman–Crippen MR) is 176 cm³/mol. The number of amides is 1. The van der Waals surface area contributed by atoms with Gasteiger partial charge >= 0.3 is 0 Å². The van der Waals surface area contributed by atoms with Crippen molar-refractivity contribution in [3.63, 3.8) is 0 Å². The van der Waals surface area contributed by atoms with Gasteiger partial charge < -0.3 is 14.8 Å². The van der Waals surface area contributed by atoms with Gasteiger partial charge in [-0.25, -0.2) is 13.4 Å². The standard InChI is InChI=1S/C33H31N5O3S2/c1-36(2)21-29(39)37(3)24-13-8-12-23(18-24)27-20-34-33-32(31(27)22-10-6-5-7-11-22)26-19-25(15-16-28(26)35-33)38(4)43(40,41)30-14-9-17-42-30/h5-20H,21H2,1-4H3,(H,34,35). The van der Waals surface area contributed by atoms with Gasteiger partial charge in [0.2, 0.25) is 5.91 Å². The molecule has 0 aliphatic carbocycles. The topological polar surface area (TPSA) is 89.6 Å². The van der Waals surface area contributed by atoms with Gasteiger partial charge in [-0.1, -0.05) is 48.5 Å². The second kappa shape index (κ2) is 11.3. The van der Waals surface area contributed by atoms with Crippen LogP contribution in [-0.2, 0) is 14.8 Å². The highest BCUT2D eigenvalue weighted by Gasteiger charge is 2.24. The summed E-state index contributed by atoms with van der Waals surface area (Å²) in [7, 11) is 3.40. The molecule has 8 nitrogen and oxygen atoms in total. The first-order valence-corrected chi connectivity index (χ1v) is 16.0. The van der Waals surface area contributed by atoms with Gasteiger partial charge in [-0.2, -0.15) is 0 Å². The molecule has 218 valence electrons. The Bertz CT molecular complexity index is 2050. The number of benzene rings is 3. The number of fused-ring (bicyclic) bond motifs is 3. The van der Waals surface area contributed by atoms with E-state index in [-0.39, 0.29) is 10.1 Å². The van der Waals surface area contributed by atoms with E-state index in [1.54, 1.807) is 42.6 Å². The fraction of sp³-hybridized carbons (Fsp3) is 0.152. The lowest BCUT2D eigenvalue weighted by atomic mass is 9.92. The van der Waals surface area contributed by atoms with E-state index in [9.17, 15) is 13.2 Å². The second-order valence-electron chi connectivity index (χ2n) is 10.6. The van der Waals surface area contributed by atoms with Gasteiger partial charge in [0.05, 0.1) is 12.2 Å². The second-order valence-corrected chi connectivity index (χ2v) is 13.8. The lowest BCUT2D eigenvalue weighted by Gasteiger charge is -2.21. The molecule has 3 aromatic carbocycles. The molecule has 0 saturated heterocycles. The third-order valence-electron chi connectivity index (χ3n) is 7.51. The van der Waals surface area contributed by atoms with Crippen LogP contribution < -0.4 is 9.21 Å². The SMILES string of the molecule is CN(C)CC(=O)N(C)c1cccc(-c2cnc3[nH]c4ccc(N(C)S(=O)(=O)c5cccs5)cc4c3c2-c2ccccc2)c1. The van der Waals surface area contributed by atoms with Crippen molar-refractivity contribution in [1.82, 2.24) is 14.9 Å². The van der Waals surface area contributed by atoms with Gasteiger partial charge in [0.25, 0.3) is 10.0 Å². The van der Waals surface area contributed by atoms with E-state index in [1.807, 2.05) is 79.8 Å². The zero-order chi connectivity index (χ0) is 30.3. The van der Waals surface area contributed by atoms with E-state index in [2.05, 4.69) is 17.1 Å². The summed E-state index contributed by atoms with van der Waals surface area (Å²) >= 11 is 1.19. The lowest BCUT2D eigenvalue weighted by Crippen LogP contribution is -2.34. The van der Waals surface area contributed by atoms with Crippen molar-refractivity contribution in [3.8, 4) is 22.3 Å². The number of aromatic amines is 1. The Kier molecular flexibility index (Phi) is 7.51. The van der Waals surface area contributed by atoms with E-state index in [0.29, 0.717) is 17.9 Å². The molecule has 0 fully saturated rings. The Labute approximate surface area is 254 Å². The Morgan fingerprint density at radius 3 is 2.35 bits per heavy atom. The molecule has 10 heteroatoms. The molecular formula is C33H31N5O3S2. The summed E-state index contributed by atoms with van der Waals surface area (Å²) in [5, 5.41) is 3.52. The van der Waals surface area contributed by atoms with E-state index >= 15 is 0 Å². The molecule has 0 radical (unpaired) electrons. The Morgan fingerprint density at radius 2 is 1.63 bits per heavy atom. The van der Waals surface area contributed by atoms with Crippen molar-refractivity contribution in [2.75, 3.05) is 43.9 Å². The third-order valence-corrected chi connectivity index (χ3v) is 10.7. The normalized spacial score (nSPS) is 11.8. The van der Waals surface area contributed by atoms with Crippen LogP contribution in [0.4, 0.5) is 11.4 Å². The molecule has 0 aliphatic rings. The molecule has 0 aliphatic heterocycles. The molecule has 3 aromatic heterocycles. The molecule has 6 aromatic rings. The summed E-state index contributed by atoms with van der Waals surface area (Å²) in [5.74, 6) is -0.00946. The monoisotopic (exact) mass is 609 g/mol. The van der Waals surface area contributed by atoms with Crippen LogP contribution in [0.2, 0.25) is 0 Å². The summed E-state index contributed by atoms with van der Waals surface area (Å²) < 4.78 is 28.3. The maximum absolute atomic E-state index is 13.3.